The van der Waals surface area contributed by atoms with Crippen LogP contribution in [0.25, 0.3) is 0 Å². The zero-order chi connectivity index (χ0) is 20.7. The number of aliphatic imine (C=N–C) groups is 1. The molecule has 0 bridgehead atoms. The van der Waals surface area contributed by atoms with E-state index in [1.54, 1.807) is 24.6 Å². The fourth-order valence-electron chi connectivity index (χ4n) is 1.94. The first-order chi connectivity index (χ1) is 12.8. The highest BCUT2D eigenvalue weighted by Crippen LogP contribution is 2.10. The van der Waals surface area contributed by atoms with Gasteiger partial charge in [0.15, 0.2) is 0 Å². The van der Waals surface area contributed by atoms with Gasteiger partial charge in [0.25, 0.3) is 6.43 Å². The van der Waals surface area contributed by atoms with Gasteiger partial charge in [-0.1, -0.05) is 36.8 Å². The Morgan fingerprint density at radius 1 is 1.26 bits per heavy atom. The molecule has 0 aromatic rings. The summed E-state index contributed by atoms with van der Waals surface area (Å²) in [5.41, 5.74) is 1.44. The summed E-state index contributed by atoms with van der Waals surface area (Å²) in [7, 11) is 0. The molecule has 0 spiro atoms. The standard InChI is InChI=1S/C19H28ClF2N5/c1-6-8-17(20)13-25-27(11-7-2)14-16(4)24-12-15(3)9-10-18(19(21)22)26-23-5/h6,8,12-13,19H,1,5,7,9-11,14H2,2-4H3/b15-12+,17-8+,24-16+,25-13-,26-18+. The second-order valence-electron chi connectivity index (χ2n) is 5.79. The number of hydrogen-bond donors (Lipinski definition) is 0. The van der Waals surface area contributed by atoms with Crippen LogP contribution in [-0.2, 0) is 0 Å². The van der Waals surface area contributed by atoms with Crippen molar-refractivity contribution in [3.8, 4) is 0 Å². The van der Waals surface area contributed by atoms with E-state index in [2.05, 4.69) is 40.5 Å². The molecule has 150 valence electrons. The monoisotopic (exact) mass is 399 g/mol. The van der Waals surface area contributed by atoms with E-state index in [0.717, 1.165) is 24.3 Å². The van der Waals surface area contributed by atoms with Crippen LogP contribution in [0.2, 0.25) is 0 Å². The maximum Gasteiger partial charge on any atom is 0.278 e. The van der Waals surface area contributed by atoms with E-state index in [1.165, 1.54) is 0 Å². The molecule has 5 nitrogen and oxygen atoms in total. The highest BCUT2D eigenvalue weighted by atomic mass is 35.5. The molecule has 27 heavy (non-hydrogen) atoms. The lowest BCUT2D eigenvalue weighted by atomic mass is 10.1. The average molecular weight is 400 g/mol. The van der Waals surface area contributed by atoms with E-state index < -0.39 is 6.43 Å². The van der Waals surface area contributed by atoms with E-state index in [0.29, 0.717) is 18.0 Å². The number of hydrogen-bond acceptors (Lipinski definition) is 5. The fourth-order valence-corrected chi connectivity index (χ4v) is 2.07. The van der Waals surface area contributed by atoms with Gasteiger partial charge in [-0.2, -0.15) is 15.3 Å². The smallest absolute Gasteiger partial charge is 0.278 e. The van der Waals surface area contributed by atoms with Gasteiger partial charge in [-0.05, 0) is 39.2 Å². The van der Waals surface area contributed by atoms with E-state index in [-0.39, 0.29) is 12.1 Å². The van der Waals surface area contributed by atoms with Gasteiger partial charge >= 0.3 is 0 Å². The molecule has 8 heteroatoms. The molecule has 0 aliphatic heterocycles. The maximum absolute atomic E-state index is 12.7. The molecule has 0 amide bonds. The molecule has 0 fully saturated rings. The lowest BCUT2D eigenvalue weighted by Gasteiger charge is -2.17. The molecule has 0 rings (SSSR count). The van der Waals surface area contributed by atoms with Gasteiger partial charge in [0.1, 0.15) is 5.71 Å². The van der Waals surface area contributed by atoms with Crippen molar-refractivity contribution in [2.24, 2.45) is 20.3 Å². The van der Waals surface area contributed by atoms with Crippen LogP contribution >= 0.6 is 11.6 Å². The Morgan fingerprint density at radius 2 is 1.96 bits per heavy atom. The van der Waals surface area contributed by atoms with Gasteiger partial charge in [0, 0.05) is 25.2 Å². The topological polar surface area (TPSA) is 52.7 Å². The van der Waals surface area contributed by atoms with Crippen molar-refractivity contribution >= 4 is 36.0 Å². The van der Waals surface area contributed by atoms with Gasteiger partial charge < -0.3 is 0 Å². The summed E-state index contributed by atoms with van der Waals surface area (Å²) in [5, 5.41) is 13.2. The van der Waals surface area contributed by atoms with E-state index in [4.69, 9.17) is 11.6 Å². The summed E-state index contributed by atoms with van der Waals surface area (Å²) in [6.45, 7) is 13.8. The molecule has 0 aliphatic carbocycles. The Bertz CT molecular complexity index is 622. The van der Waals surface area contributed by atoms with Crippen molar-refractivity contribution in [3.63, 3.8) is 0 Å². The molecule has 0 saturated heterocycles. The van der Waals surface area contributed by atoms with Crippen LogP contribution in [0.15, 0.2) is 55.8 Å². The number of hydrazone groups is 1. The van der Waals surface area contributed by atoms with E-state index in [9.17, 15) is 8.78 Å². The van der Waals surface area contributed by atoms with Gasteiger partial charge in [0.05, 0.1) is 17.8 Å². The van der Waals surface area contributed by atoms with Crippen molar-refractivity contribution in [1.82, 2.24) is 5.01 Å². The van der Waals surface area contributed by atoms with Crippen LogP contribution in [0, 0.1) is 0 Å². The summed E-state index contributed by atoms with van der Waals surface area (Å²) >= 11 is 5.97. The normalized spacial score (nSPS) is 14.2. The Kier molecular flexibility index (Phi) is 13.8. The van der Waals surface area contributed by atoms with Crippen LogP contribution in [0.1, 0.15) is 40.0 Å². The second kappa shape index (κ2) is 15.0. The highest BCUT2D eigenvalue weighted by Gasteiger charge is 2.12. The third kappa shape index (κ3) is 12.8. The molecule has 0 aliphatic rings. The number of nitrogens with zero attached hydrogens (tertiary/aromatic N) is 5. The SMILES string of the molecule is C=C/C=C(Cl)\C=N/N(CCC)C/C(C)=N/C=C(\C)CC/C(=N\N=C)C(F)F. The average Bonchev–Trinajstić information content (AvgIpc) is 2.61. The van der Waals surface area contributed by atoms with Crippen molar-refractivity contribution in [3.05, 3.63) is 35.5 Å². The number of halogens is 3. The molecular formula is C19H28ClF2N5. The van der Waals surface area contributed by atoms with Crippen LogP contribution in [0.4, 0.5) is 8.78 Å². The first-order valence-corrected chi connectivity index (χ1v) is 8.98. The summed E-state index contributed by atoms with van der Waals surface area (Å²) in [5.74, 6) is 0. The second-order valence-corrected chi connectivity index (χ2v) is 6.23. The largest absolute Gasteiger partial charge is 0.291 e. The summed E-state index contributed by atoms with van der Waals surface area (Å²) in [4.78, 5) is 4.39. The minimum absolute atomic E-state index is 0.119. The highest BCUT2D eigenvalue weighted by molar-refractivity contribution is 6.39. The van der Waals surface area contributed by atoms with Crippen molar-refractivity contribution in [1.29, 1.82) is 0 Å². The molecule has 0 radical (unpaired) electrons. The fraction of sp³-hybridized carbons (Fsp3) is 0.474. The molecule has 0 saturated carbocycles. The molecule has 0 aromatic heterocycles. The Hall–Kier alpha value is -2.15. The number of allylic oxidation sites excluding steroid dienone is 4. The predicted molar refractivity (Wildman–Crippen MR) is 114 cm³/mol. The summed E-state index contributed by atoms with van der Waals surface area (Å²) in [6, 6.07) is 0. The summed E-state index contributed by atoms with van der Waals surface area (Å²) in [6.07, 6.45) is 5.33. The Balaban J connectivity index is 4.85. The van der Waals surface area contributed by atoms with Crippen molar-refractivity contribution in [2.75, 3.05) is 13.1 Å². The third-order valence-electron chi connectivity index (χ3n) is 3.25. The predicted octanol–water partition coefficient (Wildman–Crippen LogP) is 5.46. The van der Waals surface area contributed by atoms with Gasteiger partial charge in [-0.25, -0.2) is 8.78 Å². The van der Waals surface area contributed by atoms with Crippen LogP contribution in [0.3, 0.4) is 0 Å². The first kappa shape index (κ1) is 24.8. The van der Waals surface area contributed by atoms with Crippen molar-refractivity contribution < 1.29 is 8.78 Å². The molecular weight excluding hydrogens is 372 g/mol. The zero-order valence-electron chi connectivity index (χ0n) is 16.2. The number of rotatable bonds is 13. The van der Waals surface area contributed by atoms with Crippen LogP contribution in [-0.4, -0.2) is 48.9 Å². The van der Waals surface area contributed by atoms with E-state index in [1.807, 2.05) is 18.9 Å². The van der Waals surface area contributed by atoms with E-state index >= 15 is 0 Å². The van der Waals surface area contributed by atoms with Gasteiger partial charge in [-0.3, -0.25) is 10.0 Å². The number of alkyl halides is 2. The summed E-state index contributed by atoms with van der Waals surface area (Å²) < 4.78 is 25.5. The molecule has 0 atom stereocenters. The molecule has 0 heterocycles. The van der Waals surface area contributed by atoms with Crippen molar-refractivity contribution in [2.45, 2.75) is 46.5 Å². The van der Waals surface area contributed by atoms with Crippen LogP contribution < -0.4 is 0 Å². The Labute approximate surface area is 165 Å². The molecule has 0 unspecified atom stereocenters. The first-order valence-electron chi connectivity index (χ1n) is 8.60. The van der Waals surface area contributed by atoms with Gasteiger partial charge in [-0.15, -0.1) is 0 Å². The lowest BCUT2D eigenvalue weighted by Crippen LogP contribution is -2.24. The lowest BCUT2D eigenvalue weighted by molar-refractivity contribution is 0.222. The minimum Gasteiger partial charge on any atom is -0.291 e. The molecule has 0 N–H and O–H groups in total. The maximum atomic E-state index is 12.7. The Morgan fingerprint density at radius 3 is 2.52 bits per heavy atom. The minimum atomic E-state index is -2.63. The van der Waals surface area contributed by atoms with Gasteiger partial charge in [0.2, 0.25) is 0 Å². The zero-order valence-corrected chi connectivity index (χ0v) is 17.0. The molecule has 0 aromatic carbocycles. The third-order valence-corrected chi connectivity index (χ3v) is 3.47. The quantitative estimate of drug-likeness (QED) is 0.230. The van der Waals surface area contributed by atoms with Crippen LogP contribution in [0.5, 0.6) is 0 Å².